The number of halogens is 2. The zero-order valence-electron chi connectivity index (χ0n) is 11.0. The normalized spacial score (nSPS) is 13.0. The number of hydrogen-bond donors (Lipinski definition) is 2. The van der Waals surface area contributed by atoms with E-state index < -0.39 is 0 Å². The second kappa shape index (κ2) is 8.00. The maximum Gasteiger partial charge on any atom is 0.0640 e. The fourth-order valence-corrected chi connectivity index (χ4v) is 2.89. The molecule has 18 heavy (non-hydrogen) atoms. The zero-order chi connectivity index (χ0) is 13.5. The highest BCUT2D eigenvalue weighted by Crippen LogP contribution is 2.36. The lowest BCUT2D eigenvalue weighted by Crippen LogP contribution is -2.34. The van der Waals surface area contributed by atoms with E-state index in [1.54, 1.807) is 6.07 Å². The summed E-state index contributed by atoms with van der Waals surface area (Å²) in [5, 5.41) is 1.19. The van der Waals surface area contributed by atoms with E-state index >= 15 is 0 Å². The first-order valence-electron chi connectivity index (χ1n) is 6.55. The molecule has 1 unspecified atom stereocenters. The van der Waals surface area contributed by atoms with Gasteiger partial charge in [-0.15, -0.1) is 0 Å². The van der Waals surface area contributed by atoms with Gasteiger partial charge in [0.15, 0.2) is 0 Å². The van der Waals surface area contributed by atoms with Crippen molar-refractivity contribution in [2.75, 3.05) is 0 Å². The highest BCUT2D eigenvalue weighted by Gasteiger charge is 2.23. The summed E-state index contributed by atoms with van der Waals surface area (Å²) in [4.78, 5) is 0. The molecular weight excluding hydrogens is 267 g/mol. The Morgan fingerprint density at radius 3 is 2.28 bits per heavy atom. The van der Waals surface area contributed by atoms with Gasteiger partial charge in [0.2, 0.25) is 0 Å². The second-order valence-corrected chi connectivity index (χ2v) is 5.41. The lowest BCUT2D eigenvalue weighted by Gasteiger charge is -2.27. The Hall–Kier alpha value is -0.280. The topological polar surface area (TPSA) is 38.0 Å². The van der Waals surface area contributed by atoms with E-state index in [1.807, 2.05) is 12.1 Å². The molecule has 1 rings (SSSR count). The van der Waals surface area contributed by atoms with Crippen LogP contribution in [0.25, 0.3) is 0 Å². The molecule has 102 valence electrons. The molecule has 4 heteroatoms. The number of benzene rings is 1. The molecular formula is C14H22Cl2N2. The maximum atomic E-state index is 6.28. The van der Waals surface area contributed by atoms with Gasteiger partial charge in [-0.2, -0.15) is 0 Å². The van der Waals surface area contributed by atoms with Crippen molar-refractivity contribution in [3.8, 4) is 0 Å². The lowest BCUT2D eigenvalue weighted by molar-refractivity contribution is 0.319. The molecule has 0 amide bonds. The Labute approximate surface area is 120 Å². The molecule has 0 aliphatic rings. The van der Waals surface area contributed by atoms with Crippen molar-refractivity contribution in [2.24, 2.45) is 11.8 Å². The summed E-state index contributed by atoms with van der Waals surface area (Å²) < 4.78 is 0. The van der Waals surface area contributed by atoms with Crippen LogP contribution in [0.15, 0.2) is 18.2 Å². The third kappa shape index (κ3) is 3.86. The second-order valence-electron chi connectivity index (χ2n) is 4.62. The predicted molar refractivity (Wildman–Crippen MR) is 79.8 cm³/mol. The Morgan fingerprint density at radius 2 is 1.78 bits per heavy atom. The molecule has 0 fully saturated rings. The van der Waals surface area contributed by atoms with Crippen LogP contribution in [-0.4, -0.2) is 0 Å². The van der Waals surface area contributed by atoms with Crippen LogP contribution < -0.4 is 11.3 Å². The van der Waals surface area contributed by atoms with E-state index in [0.29, 0.717) is 16.0 Å². The molecule has 1 aromatic rings. The first-order chi connectivity index (χ1) is 8.65. The fourth-order valence-electron chi connectivity index (χ4n) is 2.46. The molecule has 1 atom stereocenters. The minimum atomic E-state index is 0.0658. The maximum absolute atomic E-state index is 6.28. The molecule has 0 saturated carbocycles. The van der Waals surface area contributed by atoms with Gasteiger partial charge in [0.05, 0.1) is 16.1 Å². The van der Waals surface area contributed by atoms with E-state index in [0.717, 1.165) is 31.2 Å². The lowest BCUT2D eigenvalue weighted by atomic mass is 9.86. The molecule has 1 aromatic carbocycles. The largest absolute Gasteiger partial charge is 0.271 e. The summed E-state index contributed by atoms with van der Waals surface area (Å²) in [5.74, 6) is 6.22. The highest BCUT2D eigenvalue weighted by atomic mass is 35.5. The molecule has 0 saturated heterocycles. The summed E-state index contributed by atoms with van der Waals surface area (Å²) in [6.07, 6.45) is 4.54. The Balaban J connectivity index is 3.02. The summed E-state index contributed by atoms with van der Waals surface area (Å²) in [7, 11) is 0. The van der Waals surface area contributed by atoms with E-state index in [-0.39, 0.29) is 6.04 Å². The quantitative estimate of drug-likeness (QED) is 0.563. The minimum Gasteiger partial charge on any atom is -0.271 e. The van der Waals surface area contributed by atoms with E-state index in [2.05, 4.69) is 19.3 Å². The first-order valence-corrected chi connectivity index (χ1v) is 7.31. The summed E-state index contributed by atoms with van der Waals surface area (Å²) in [6, 6.07) is 5.78. The van der Waals surface area contributed by atoms with Gasteiger partial charge in [0.1, 0.15) is 0 Å². The number of nitrogens with one attached hydrogen (secondary N) is 1. The van der Waals surface area contributed by atoms with Crippen molar-refractivity contribution in [1.82, 2.24) is 5.43 Å². The number of hydrazine groups is 1. The minimum absolute atomic E-state index is 0.0658. The molecule has 0 spiro atoms. The van der Waals surface area contributed by atoms with Crippen LogP contribution in [0.5, 0.6) is 0 Å². The summed E-state index contributed by atoms with van der Waals surface area (Å²) >= 11 is 12.4. The summed E-state index contributed by atoms with van der Waals surface area (Å²) in [6.45, 7) is 4.38. The summed E-state index contributed by atoms with van der Waals surface area (Å²) in [5.41, 5.74) is 3.91. The van der Waals surface area contributed by atoms with Gasteiger partial charge in [-0.05, 0) is 30.4 Å². The van der Waals surface area contributed by atoms with Gasteiger partial charge >= 0.3 is 0 Å². The van der Waals surface area contributed by atoms with Gasteiger partial charge in [-0.3, -0.25) is 11.3 Å². The zero-order valence-corrected chi connectivity index (χ0v) is 12.6. The van der Waals surface area contributed by atoms with Gasteiger partial charge < -0.3 is 0 Å². The first kappa shape index (κ1) is 15.8. The van der Waals surface area contributed by atoms with Crippen molar-refractivity contribution >= 4 is 23.2 Å². The average molecular weight is 289 g/mol. The van der Waals surface area contributed by atoms with Crippen LogP contribution in [0.3, 0.4) is 0 Å². The van der Waals surface area contributed by atoms with Crippen LogP contribution >= 0.6 is 23.2 Å². The van der Waals surface area contributed by atoms with Crippen molar-refractivity contribution < 1.29 is 0 Å². The monoisotopic (exact) mass is 288 g/mol. The smallest absolute Gasteiger partial charge is 0.0640 e. The molecule has 2 nitrogen and oxygen atoms in total. The molecule has 0 aliphatic carbocycles. The van der Waals surface area contributed by atoms with Gasteiger partial charge in [0.25, 0.3) is 0 Å². The highest BCUT2D eigenvalue weighted by molar-refractivity contribution is 6.42. The Bertz CT molecular complexity index is 363. The third-order valence-electron chi connectivity index (χ3n) is 3.29. The number of hydrogen-bond acceptors (Lipinski definition) is 2. The average Bonchev–Trinajstić information content (AvgIpc) is 2.36. The van der Waals surface area contributed by atoms with Crippen LogP contribution in [0.2, 0.25) is 10.0 Å². The Morgan fingerprint density at radius 1 is 1.17 bits per heavy atom. The van der Waals surface area contributed by atoms with Crippen LogP contribution in [0.4, 0.5) is 0 Å². The molecule has 0 bridgehead atoms. The van der Waals surface area contributed by atoms with Crippen molar-refractivity contribution in [1.29, 1.82) is 0 Å². The SMILES string of the molecule is CCCC(CCC)C(NN)c1cccc(Cl)c1Cl. The van der Waals surface area contributed by atoms with E-state index in [9.17, 15) is 0 Å². The molecule has 0 aliphatic heterocycles. The van der Waals surface area contributed by atoms with Crippen LogP contribution in [0, 0.1) is 5.92 Å². The van der Waals surface area contributed by atoms with Crippen molar-refractivity contribution in [3.05, 3.63) is 33.8 Å². The van der Waals surface area contributed by atoms with Crippen molar-refractivity contribution in [2.45, 2.75) is 45.6 Å². The van der Waals surface area contributed by atoms with Crippen molar-refractivity contribution in [3.63, 3.8) is 0 Å². The number of rotatable bonds is 7. The number of nitrogens with two attached hydrogens (primary N) is 1. The van der Waals surface area contributed by atoms with Gasteiger partial charge in [0, 0.05) is 0 Å². The molecule has 3 N–H and O–H groups in total. The van der Waals surface area contributed by atoms with Gasteiger partial charge in [-0.1, -0.05) is 62.0 Å². The standard InChI is InChI=1S/C14H22Cl2N2/c1-3-6-10(7-4-2)14(18-17)11-8-5-9-12(15)13(11)16/h5,8-10,14,18H,3-4,6-7,17H2,1-2H3. The van der Waals surface area contributed by atoms with Crippen LogP contribution in [-0.2, 0) is 0 Å². The van der Waals surface area contributed by atoms with Gasteiger partial charge in [-0.25, -0.2) is 0 Å². The van der Waals surface area contributed by atoms with E-state index in [4.69, 9.17) is 29.0 Å². The molecule has 0 aromatic heterocycles. The predicted octanol–water partition coefficient (Wildman–Crippen LogP) is 4.71. The van der Waals surface area contributed by atoms with E-state index in [1.165, 1.54) is 0 Å². The third-order valence-corrected chi connectivity index (χ3v) is 4.12. The molecule has 0 heterocycles. The Kier molecular flexibility index (Phi) is 7.02. The molecule has 0 radical (unpaired) electrons. The van der Waals surface area contributed by atoms with Crippen LogP contribution in [0.1, 0.15) is 51.1 Å². The fraction of sp³-hybridized carbons (Fsp3) is 0.571.